The lowest BCUT2D eigenvalue weighted by Crippen LogP contribution is -2.39. The Morgan fingerprint density at radius 1 is 1.27 bits per heavy atom. The molecule has 5 nitrogen and oxygen atoms in total. The molecule has 0 unspecified atom stereocenters. The molecular weight excluding hydrogens is 447 g/mol. The average Bonchev–Trinajstić information content (AvgIpc) is 3.35. The Balaban J connectivity index is 1.92. The Morgan fingerprint density at radius 2 is 1.96 bits per heavy atom. The molecule has 1 amide bonds. The summed E-state index contributed by atoms with van der Waals surface area (Å²) in [5.41, 5.74) is -0.995. The number of nitrogens with zero attached hydrogens (tertiary/aromatic N) is 1. The fraction of sp³-hybridized carbons (Fsp3) is 0.176. The maximum Gasteiger partial charge on any atom is 0.264 e. The summed E-state index contributed by atoms with van der Waals surface area (Å²) in [5, 5.41) is 9.16. The van der Waals surface area contributed by atoms with Gasteiger partial charge in [-0.2, -0.15) is 5.26 Å². The van der Waals surface area contributed by atoms with Crippen LogP contribution in [0.5, 0.6) is 0 Å². The van der Waals surface area contributed by atoms with E-state index >= 15 is 0 Å². The van der Waals surface area contributed by atoms with Crippen LogP contribution in [-0.2, 0) is 20.2 Å². The van der Waals surface area contributed by atoms with E-state index in [9.17, 15) is 17.6 Å². The normalized spacial score (nSPS) is 15.2. The first-order chi connectivity index (χ1) is 12.2. The van der Waals surface area contributed by atoms with Gasteiger partial charge in [0.25, 0.3) is 10.0 Å². The Kier molecular flexibility index (Phi) is 4.82. The lowest BCUT2D eigenvalue weighted by molar-refractivity contribution is -0.121. The topological polar surface area (TPSA) is 87.0 Å². The molecule has 0 bridgehead atoms. The van der Waals surface area contributed by atoms with Gasteiger partial charge in [-0.1, -0.05) is 33.6 Å². The first-order valence-corrected chi connectivity index (χ1v) is 10.1. The molecule has 0 saturated heterocycles. The number of rotatable bonds is 4. The molecule has 134 valence electrons. The summed E-state index contributed by atoms with van der Waals surface area (Å²) in [4.78, 5) is 12.4. The SMILES string of the molecule is N#Cc1cc(Br)cc(S(=O)(=O)NC(=O)C2(c3ccc(Cl)cc3F)CC2)c1. The van der Waals surface area contributed by atoms with Crippen molar-refractivity contribution in [3.8, 4) is 6.07 Å². The van der Waals surface area contributed by atoms with Gasteiger partial charge in [-0.25, -0.2) is 17.5 Å². The van der Waals surface area contributed by atoms with Crippen molar-refractivity contribution in [2.24, 2.45) is 0 Å². The van der Waals surface area contributed by atoms with Crippen LogP contribution in [0.25, 0.3) is 0 Å². The summed E-state index contributed by atoms with van der Waals surface area (Å²) in [5.74, 6) is -1.46. The number of hydrogen-bond acceptors (Lipinski definition) is 4. The zero-order valence-corrected chi connectivity index (χ0v) is 16.3. The smallest absolute Gasteiger partial charge is 0.264 e. The van der Waals surface area contributed by atoms with Gasteiger partial charge < -0.3 is 0 Å². The van der Waals surface area contributed by atoms with Crippen LogP contribution in [0.1, 0.15) is 24.0 Å². The number of carbonyl (C=O) groups is 1. The van der Waals surface area contributed by atoms with E-state index in [0.29, 0.717) is 17.3 Å². The predicted octanol–water partition coefficient (Wildman–Crippen LogP) is 3.65. The molecule has 1 saturated carbocycles. The standard InChI is InChI=1S/C17H11BrClFN2O3S/c18-11-5-10(9-21)6-13(7-11)26(24,25)22-16(23)17(3-4-17)14-2-1-12(19)8-15(14)20/h1-2,5-8H,3-4H2,(H,22,23). The molecule has 1 aliphatic carbocycles. The molecule has 0 aromatic heterocycles. The third kappa shape index (κ3) is 3.47. The van der Waals surface area contributed by atoms with E-state index in [0.717, 1.165) is 12.1 Å². The van der Waals surface area contributed by atoms with Crippen LogP contribution in [-0.4, -0.2) is 14.3 Å². The summed E-state index contributed by atoms with van der Waals surface area (Å²) in [6, 6.07) is 9.66. The van der Waals surface area contributed by atoms with Crippen LogP contribution >= 0.6 is 27.5 Å². The van der Waals surface area contributed by atoms with Crippen LogP contribution in [0, 0.1) is 17.1 Å². The highest BCUT2D eigenvalue weighted by Crippen LogP contribution is 2.49. The molecule has 3 rings (SSSR count). The minimum atomic E-state index is -4.22. The van der Waals surface area contributed by atoms with Crippen LogP contribution < -0.4 is 4.72 Å². The lowest BCUT2D eigenvalue weighted by Gasteiger charge is -2.17. The zero-order valence-electron chi connectivity index (χ0n) is 13.1. The summed E-state index contributed by atoms with van der Waals surface area (Å²) in [6.07, 6.45) is 0.656. The number of halogens is 3. The molecule has 1 fully saturated rings. The van der Waals surface area contributed by atoms with E-state index in [-0.39, 0.29) is 21.0 Å². The van der Waals surface area contributed by atoms with Crippen LogP contribution in [0.2, 0.25) is 5.02 Å². The van der Waals surface area contributed by atoms with E-state index in [1.165, 1.54) is 24.3 Å². The van der Waals surface area contributed by atoms with Crippen molar-refractivity contribution in [1.82, 2.24) is 4.72 Å². The fourth-order valence-electron chi connectivity index (χ4n) is 2.68. The second kappa shape index (κ2) is 6.65. The highest BCUT2D eigenvalue weighted by atomic mass is 79.9. The van der Waals surface area contributed by atoms with Crippen molar-refractivity contribution in [1.29, 1.82) is 5.26 Å². The van der Waals surface area contributed by atoms with E-state index in [2.05, 4.69) is 15.9 Å². The van der Waals surface area contributed by atoms with Gasteiger partial charge in [0.2, 0.25) is 5.91 Å². The first-order valence-electron chi connectivity index (χ1n) is 7.41. The highest BCUT2D eigenvalue weighted by Gasteiger charge is 2.53. The first kappa shape index (κ1) is 18.8. The molecule has 0 spiro atoms. The van der Waals surface area contributed by atoms with Crippen LogP contribution in [0.4, 0.5) is 4.39 Å². The maximum absolute atomic E-state index is 14.2. The van der Waals surface area contributed by atoms with Crippen molar-refractivity contribution in [3.05, 3.63) is 62.8 Å². The number of sulfonamides is 1. The number of carbonyl (C=O) groups excluding carboxylic acids is 1. The number of hydrogen-bond donors (Lipinski definition) is 1. The molecular formula is C17H11BrClFN2O3S. The average molecular weight is 458 g/mol. The van der Waals surface area contributed by atoms with E-state index < -0.39 is 27.2 Å². The Bertz CT molecular complexity index is 1060. The Morgan fingerprint density at radius 3 is 2.54 bits per heavy atom. The summed E-state index contributed by atoms with van der Waals surface area (Å²) in [7, 11) is -4.22. The van der Waals surface area contributed by atoms with E-state index in [1.807, 2.05) is 10.8 Å². The second-order valence-corrected chi connectivity index (χ2v) is 8.96. The summed E-state index contributed by atoms with van der Waals surface area (Å²) >= 11 is 8.86. The summed E-state index contributed by atoms with van der Waals surface area (Å²) < 4.78 is 41.6. The quantitative estimate of drug-likeness (QED) is 0.759. The predicted molar refractivity (Wildman–Crippen MR) is 96.5 cm³/mol. The molecule has 2 aromatic carbocycles. The van der Waals surface area contributed by atoms with Gasteiger partial charge in [0.15, 0.2) is 0 Å². The van der Waals surface area contributed by atoms with Crippen molar-refractivity contribution >= 4 is 43.5 Å². The van der Waals surface area contributed by atoms with Crippen LogP contribution in [0.15, 0.2) is 45.8 Å². The molecule has 0 aliphatic heterocycles. The van der Waals surface area contributed by atoms with Gasteiger partial charge in [-0.15, -0.1) is 0 Å². The lowest BCUT2D eigenvalue weighted by atomic mass is 9.95. The number of benzene rings is 2. The molecule has 0 radical (unpaired) electrons. The third-order valence-electron chi connectivity index (χ3n) is 4.17. The molecule has 0 heterocycles. The van der Waals surface area contributed by atoms with Crippen molar-refractivity contribution in [3.63, 3.8) is 0 Å². The molecule has 0 atom stereocenters. The summed E-state index contributed by atoms with van der Waals surface area (Å²) in [6.45, 7) is 0. The van der Waals surface area contributed by atoms with Gasteiger partial charge >= 0.3 is 0 Å². The second-order valence-electron chi connectivity index (χ2n) is 5.93. The number of nitrogens with one attached hydrogen (secondary N) is 1. The van der Waals surface area contributed by atoms with Gasteiger partial charge in [0.1, 0.15) is 5.82 Å². The van der Waals surface area contributed by atoms with E-state index in [1.54, 1.807) is 0 Å². The van der Waals surface area contributed by atoms with Crippen molar-refractivity contribution < 1.29 is 17.6 Å². The number of nitriles is 1. The molecule has 2 aromatic rings. The maximum atomic E-state index is 14.2. The molecule has 9 heteroatoms. The molecule has 1 aliphatic rings. The highest BCUT2D eigenvalue weighted by molar-refractivity contribution is 9.10. The van der Waals surface area contributed by atoms with Gasteiger partial charge in [-0.3, -0.25) is 4.79 Å². The molecule has 1 N–H and O–H groups in total. The fourth-order valence-corrected chi connectivity index (χ4v) is 4.61. The van der Waals surface area contributed by atoms with E-state index in [4.69, 9.17) is 16.9 Å². The molecule has 26 heavy (non-hydrogen) atoms. The minimum Gasteiger partial charge on any atom is -0.273 e. The van der Waals surface area contributed by atoms with Gasteiger partial charge in [-0.05, 0) is 43.2 Å². The zero-order chi connectivity index (χ0) is 19.1. The van der Waals surface area contributed by atoms with Gasteiger partial charge in [0.05, 0.1) is 21.9 Å². The van der Waals surface area contributed by atoms with Crippen molar-refractivity contribution in [2.75, 3.05) is 0 Å². The minimum absolute atomic E-state index is 0.113. The Hall–Kier alpha value is -1.95. The largest absolute Gasteiger partial charge is 0.273 e. The monoisotopic (exact) mass is 456 g/mol. The van der Waals surface area contributed by atoms with Crippen LogP contribution in [0.3, 0.4) is 0 Å². The Labute approximate surface area is 163 Å². The van der Waals surface area contributed by atoms with Crippen molar-refractivity contribution in [2.45, 2.75) is 23.2 Å². The van der Waals surface area contributed by atoms with Gasteiger partial charge in [0, 0.05) is 15.1 Å². The number of amides is 1. The third-order valence-corrected chi connectivity index (χ3v) is 6.17.